The van der Waals surface area contributed by atoms with Crippen molar-refractivity contribution in [2.75, 3.05) is 6.61 Å². The minimum absolute atomic E-state index is 0.250. The van der Waals surface area contributed by atoms with Crippen LogP contribution in [0.1, 0.15) is 6.92 Å². The second-order valence-corrected chi connectivity index (χ2v) is 2.44. The van der Waals surface area contributed by atoms with Gasteiger partial charge in [0.25, 0.3) is 0 Å². The summed E-state index contributed by atoms with van der Waals surface area (Å²) < 4.78 is 0. The molecule has 0 unspecified atom stereocenters. The van der Waals surface area contributed by atoms with Crippen LogP contribution in [0.15, 0.2) is 0 Å². The van der Waals surface area contributed by atoms with Gasteiger partial charge < -0.3 is 5.11 Å². The van der Waals surface area contributed by atoms with Gasteiger partial charge >= 0.3 is 0 Å². The quantitative estimate of drug-likeness (QED) is 0.439. The molecule has 0 atom stereocenters. The molecule has 0 aromatic carbocycles. The molecule has 0 aliphatic heterocycles. The summed E-state index contributed by atoms with van der Waals surface area (Å²) in [6, 6.07) is 0. The average molecular weight is 106 g/mol. The molecule has 6 heavy (non-hydrogen) atoms. The molecule has 0 spiro atoms. The summed E-state index contributed by atoms with van der Waals surface area (Å²) in [5.41, 5.74) is 0. The van der Waals surface area contributed by atoms with E-state index in [-0.39, 0.29) is 6.61 Å². The van der Waals surface area contributed by atoms with Crippen LogP contribution in [-0.2, 0) is 0 Å². The highest BCUT2D eigenvalue weighted by molar-refractivity contribution is 6.31. The van der Waals surface area contributed by atoms with E-state index < -0.39 is 0 Å². The first-order valence-electron chi connectivity index (χ1n) is 2.44. The highest BCUT2D eigenvalue weighted by Gasteiger charge is 1.38. The third kappa shape index (κ3) is 1350. The molecule has 0 radical (unpaired) electrons. The zero-order valence-electron chi connectivity index (χ0n) is 4.86. The maximum Gasteiger partial charge on any atom is 0.0402 e. The first-order chi connectivity index (χ1) is 2.83. The van der Waals surface area contributed by atoms with Crippen LogP contribution in [-0.4, -0.2) is 21.2 Å². The summed E-state index contributed by atoms with van der Waals surface area (Å²) in [5.74, 6) is 0. The highest BCUT2D eigenvalue weighted by atomic mass is 28.2. The molecule has 0 amide bonds. The van der Waals surface area contributed by atoms with E-state index in [0.717, 1.165) is 0 Å². The SMILES string of the molecule is CCO.C[SiH2]C. The Balaban J connectivity index is 0. The summed E-state index contributed by atoms with van der Waals surface area (Å²) >= 11 is 0. The van der Waals surface area contributed by atoms with Crippen LogP contribution in [0.3, 0.4) is 0 Å². The van der Waals surface area contributed by atoms with Crippen molar-refractivity contribution in [1.82, 2.24) is 0 Å². The Hall–Kier alpha value is 0.177. The van der Waals surface area contributed by atoms with E-state index in [0.29, 0.717) is 9.52 Å². The number of rotatable bonds is 0. The third-order valence-corrected chi connectivity index (χ3v) is 0. The fourth-order valence-corrected chi connectivity index (χ4v) is 0. The largest absolute Gasteiger partial charge is 0.397 e. The number of aliphatic hydroxyl groups excluding tert-OH is 1. The van der Waals surface area contributed by atoms with Crippen molar-refractivity contribution in [1.29, 1.82) is 0 Å². The molecule has 1 nitrogen and oxygen atoms in total. The third-order valence-electron chi connectivity index (χ3n) is 0. The lowest BCUT2D eigenvalue weighted by Crippen LogP contribution is -1.57. The van der Waals surface area contributed by atoms with Crippen LogP contribution in [0.5, 0.6) is 0 Å². The summed E-state index contributed by atoms with van der Waals surface area (Å²) in [6.07, 6.45) is 0. The molecular formula is C4H14OSi. The molecule has 0 saturated heterocycles. The van der Waals surface area contributed by atoms with E-state index in [2.05, 4.69) is 13.1 Å². The normalized spacial score (nSPS) is 6.00. The van der Waals surface area contributed by atoms with Gasteiger partial charge in [-0.3, -0.25) is 0 Å². The summed E-state index contributed by atoms with van der Waals surface area (Å²) in [7, 11) is 0.417. The van der Waals surface area contributed by atoms with Gasteiger partial charge in [0.05, 0.1) is 0 Å². The summed E-state index contributed by atoms with van der Waals surface area (Å²) in [4.78, 5) is 0. The van der Waals surface area contributed by atoms with E-state index in [9.17, 15) is 0 Å². The molecule has 2 heteroatoms. The Bertz CT molecular complexity index is 9.51. The van der Waals surface area contributed by atoms with Gasteiger partial charge in [-0.25, -0.2) is 0 Å². The first kappa shape index (κ1) is 9.49. The fourth-order valence-electron chi connectivity index (χ4n) is 0. The van der Waals surface area contributed by atoms with Gasteiger partial charge in [-0.15, -0.1) is 0 Å². The minimum Gasteiger partial charge on any atom is -0.397 e. The van der Waals surface area contributed by atoms with Crippen molar-refractivity contribution in [2.24, 2.45) is 0 Å². The van der Waals surface area contributed by atoms with Gasteiger partial charge in [0.15, 0.2) is 0 Å². The molecule has 0 saturated carbocycles. The summed E-state index contributed by atoms with van der Waals surface area (Å²) in [5, 5.41) is 7.57. The number of hydrogen-bond acceptors (Lipinski definition) is 1. The maximum atomic E-state index is 7.57. The Morgan fingerprint density at radius 3 is 1.50 bits per heavy atom. The Morgan fingerprint density at radius 2 is 1.50 bits per heavy atom. The molecule has 0 aliphatic rings. The first-order valence-corrected chi connectivity index (χ1v) is 5.27. The molecule has 0 aromatic heterocycles. The van der Waals surface area contributed by atoms with Gasteiger partial charge in [0, 0.05) is 16.1 Å². The van der Waals surface area contributed by atoms with E-state index in [1.165, 1.54) is 0 Å². The standard InChI is InChI=1S/C2H6O.C2H8Si/c1-2-3;1-3-2/h3H,2H2,1H3;3H2,1-2H3. The van der Waals surface area contributed by atoms with Gasteiger partial charge in [-0.1, -0.05) is 13.1 Å². The second-order valence-electron chi connectivity index (χ2n) is 1.02. The topological polar surface area (TPSA) is 20.2 Å². The predicted molar refractivity (Wildman–Crippen MR) is 33.0 cm³/mol. The Labute approximate surface area is 42.2 Å². The minimum atomic E-state index is 0.250. The molecule has 0 bridgehead atoms. The molecule has 0 fully saturated rings. The zero-order chi connectivity index (χ0) is 5.41. The lowest BCUT2D eigenvalue weighted by Gasteiger charge is -1.52. The van der Waals surface area contributed by atoms with Crippen LogP contribution in [0.25, 0.3) is 0 Å². The van der Waals surface area contributed by atoms with Crippen LogP contribution in [0.4, 0.5) is 0 Å². The maximum absolute atomic E-state index is 7.57. The summed E-state index contributed by atoms with van der Waals surface area (Å²) in [6.45, 7) is 6.46. The smallest absolute Gasteiger partial charge is 0.0402 e. The van der Waals surface area contributed by atoms with Gasteiger partial charge in [-0.2, -0.15) is 0 Å². The number of hydrogen-bond donors (Lipinski definition) is 1. The molecule has 40 valence electrons. The monoisotopic (exact) mass is 106 g/mol. The molecule has 1 N–H and O–H groups in total. The van der Waals surface area contributed by atoms with Gasteiger partial charge in [-0.05, 0) is 6.92 Å². The molecule has 0 aliphatic carbocycles. The second kappa shape index (κ2) is 19.1. The van der Waals surface area contributed by atoms with Crippen molar-refractivity contribution in [3.8, 4) is 0 Å². The molecule has 0 rings (SSSR count). The van der Waals surface area contributed by atoms with Crippen molar-refractivity contribution >= 4 is 9.52 Å². The fraction of sp³-hybridized carbons (Fsp3) is 1.00. The van der Waals surface area contributed by atoms with E-state index in [1.54, 1.807) is 6.92 Å². The van der Waals surface area contributed by atoms with Gasteiger partial charge in [0.2, 0.25) is 0 Å². The lowest BCUT2D eigenvalue weighted by atomic mass is 10.9. The van der Waals surface area contributed by atoms with E-state index in [1.807, 2.05) is 0 Å². The van der Waals surface area contributed by atoms with Crippen molar-refractivity contribution < 1.29 is 5.11 Å². The molecule has 0 aromatic rings. The average Bonchev–Trinajstić information content (AvgIpc) is 1.39. The van der Waals surface area contributed by atoms with Gasteiger partial charge in [0.1, 0.15) is 0 Å². The highest BCUT2D eigenvalue weighted by Crippen LogP contribution is 1.36. The van der Waals surface area contributed by atoms with Crippen LogP contribution in [0, 0.1) is 0 Å². The van der Waals surface area contributed by atoms with E-state index >= 15 is 0 Å². The van der Waals surface area contributed by atoms with E-state index in [4.69, 9.17) is 5.11 Å². The van der Waals surface area contributed by atoms with Crippen molar-refractivity contribution in [2.45, 2.75) is 20.0 Å². The van der Waals surface area contributed by atoms with Crippen LogP contribution >= 0.6 is 0 Å². The number of aliphatic hydroxyl groups is 1. The lowest BCUT2D eigenvalue weighted by molar-refractivity contribution is 0.318. The zero-order valence-corrected chi connectivity index (χ0v) is 6.28. The van der Waals surface area contributed by atoms with Crippen molar-refractivity contribution in [3.05, 3.63) is 0 Å². The molecular weight excluding hydrogens is 92.1 g/mol. The molecule has 0 heterocycles. The van der Waals surface area contributed by atoms with Crippen molar-refractivity contribution in [3.63, 3.8) is 0 Å². The van der Waals surface area contributed by atoms with Crippen LogP contribution < -0.4 is 0 Å². The Kier molecular flexibility index (Phi) is 30.1. The predicted octanol–water partition coefficient (Wildman–Crippen LogP) is 0.250. The van der Waals surface area contributed by atoms with Crippen LogP contribution in [0.2, 0.25) is 13.1 Å². The Morgan fingerprint density at radius 1 is 1.50 bits per heavy atom.